The Labute approximate surface area is 133 Å². The Bertz CT molecular complexity index is 555. The molecule has 0 bridgehead atoms. The molecule has 0 unspecified atom stereocenters. The number of rotatable bonds is 4. The highest BCUT2D eigenvalue weighted by Gasteiger charge is 2.55. The van der Waals surface area contributed by atoms with Gasteiger partial charge in [0.15, 0.2) is 0 Å². The molecular weight excluding hydrogens is 335 g/mol. The molecule has 2 rings (SSSR count). The van der Waals surface area contributed by atoms with Crippen molar-refractivity contribution in [1.82, 2.24) is 4.31 Å². The van der Waals surface area contributed by atoms with Crippen LogP contribution in [0.1, 0.15) is 39.0 Å². The number of sulfonamides is 1. The van der Waals surface area contributed by atoms with Crippen molar-refractivity contribution < 1.29 is 31.5 Å². The monoisotopic (exact) mass is 357 g/mol. The molecule has 1 aliphatic carbocycles. The van der Waals surface area contributed by atoms with E-state index in [1.165, 1.54) is 0 Å². The first kappa shape index (κ1) is 18.5. The topological polar surface area (TPSA) is 74.7 Å². The van der Waals surface area contributed by atoms with Crippen LogP contribution in [-0.2, 0) is 14.8 Å². The predicted molar refractivity (Wildman–Crippen MR) is 77.2 cm³/mol. The summed E-state index contributed by atoms with van der Waals surface area (Å²) in [5.41, 5.74) is -0.438. The SMILES string of the molecule is CC1(CS(=O)(=O)N2C[C@@H](C(F)(F)F)[C@H](C(=O)O)C2)CCCCC1. The van der Waals surface area contributed by atoms with E-state index in [2.05, 4.69) is 0 Å². The lowest BCUT2D eigenvalue weighted by molar-refractivity contribution is -0.187. The Balaban J connectivity index is 2.16. The van der Waals surface area contributed by atoms with Crippen molar-refractivity contribution in [3.63, 3.8) is 0 Å². The molecule has 1 saturated carbocycles. The number of carboxylic acid groups (broad SMARTS) is 1. The summed E-state index contributed by atoms with van der Waals surface area (Å²) in [5.74, 6) is -5.69. The zero-order valence-corrected chi connectivity index (χ0v) is 13.8. The summed E-state index contributed by atoms with van der Waals surface area (Å²) in [7, 11) is -3.91. The second kappa shape index (κ2) is 6.23. The van der Waals surface area contributed by atoms with E-state index < -0.39 is 52.5 Å². The van der Waals surface area contributed by atoms with Gasteiger partial charge in [0.05, 0.1) is 17.6 Å². The summed E-state index contributed by atoms with van der Waals surface area (Å²) in [6.07, 6.45) is -0.404. The molecule has 1 aliphatic heterocycles. The Morgan fingerprint density at radius 3 is 2.22 bits per heavy atom. The number of carboxylic acids is 1. The van der Waals surface area contributed by atoms with Crippen LogP contribution in [0.4, 0.5) is 13.2 Å². The van der Waals surface area contributed by atoms with Gasteiger partial charge in [-0.15, -0.1) is 0 Å². The van der Waals surface area contributed by atoms with Crippen LogP contribution in [0.15, 0.2) is 0 Å². The molecule has 0 aromatic rings. The van der Waals surface area contributed by atoms with Gasteiger partial charge in [-0.2, -0.15) is 13.2 Å². The molecule has 1 saturated heterocycles. The van der Waals surface area contributed by atoms with Gasteiger partial charge in [-0.25, -0.2) is 12.7 Å². The summed E-state index contributed by atoms with van der Waals surface area (Å²) in [4.78, 5) is 11.1. The van der Waals surface area contributed by atoms with E-state index in [4.69, 9.17) is 5.11 Å². The molecule has 0 amide bonds. The highest BCUT2D eigenvalue weighted by molar-refractivity contribution is 7.89. The maximum atomic E-state index is 13.0. The maximum absolute atomic E-state index is 13.0. The van der Waals surface area contributed by atoms with Gasteiger partial charge in [-0.1, -0.05) is 26.2 Å². The summed E-state index contributed by atoms with van der Waals surface area (Å²) < 4.78 is 64.7. The van der Waals surface area contributed by atoms with Gasteiger partial charge in [0.1, 0.15) is 0 Å². The van der Waals surface area contributed by atoms with Crippen molar-refractivity contribution >= 4 is 16.0 Å². The van der Waals surface area contributed by atoms with Gasteiger partial charge in [-0.3, -0.25) is 4.79 Å². The quantitative estimate of drug-likeness (QED) is 0.839. The molecule has 5 nitrogen and oxygen atoms in total. The Morgan fingerprint density at radius 2 is 1.78 bits per heavy atom. The summed E-state index contributed by atoms with van der Waals surface area (Å²) in [5, 5.41) is 8.98. The summed E-state index contributed by atoms with van der Waals surface area (Å²) in [6, 6.07) is 0. The van der Waals surface area contributed by atoms with E-state index in [-0.39, 0.29) is 5.75 Å². The molecule has 2 aliphatic rings. The van der Waals surface area contributed by atoms with Gasteiger partial charge >= 0.3 is 12.1 Å². The summed E-state index contributed by atoms with van der Waals surface area (Å²) in [6.45, 7) is 0.451. The van der Waals surface area contributed by atoms with E-state index in [0.29, 0.717) is 0 Å². The first-order valence-electron chi connectivity index (χ1n) is 7.72. The average Bonchev–Trinajstić information content (AvgIpc) is 2.84. The van der Waals surface area contributed by atoms with Crippen molar-refractivity contribution in [2.75, 3.05) is 18.8 Å². The third kappa shape index (κ3) is 4.17. The van der Waals surface area contributed by atoms with Crippen LogP contribution in [0, 0.1) is 17.3 Å². The number of alkyl halides is 3. The van der Waals surface area contributed by atoms with Crippen molar-refractivity contribution in [2.24, 2.45) is 17.3 Å². The van der Waals surface area contributed by atoms with E-state index in [1.54, 1.807) is 0 Å². The first-order chi connectivity index (χ1) is 10.4. The van der Waals surface area contributed by atoms with Crippen molar-refractivity contribution in [1.29, 1.82) is 0 Å². The fourth-order valence-corrected chi connectivity index (χ4v) is 5.79. The zero-order valence-electron chi connectivity index (χ0n) is 13.0. The molecule has 0 aromatic heterocycles. The molecule has 134 valence electrons. The predicted octanol–water partition coefficient (Wildman–Crippen LogP) is 2.48. The highest BCUT2D eigenvalue weighted by Crippen LogP contribution is 2.41. The van der Waals surface area contributed by atoms with Gasteiger partial charge in [0.25, 0.3) is 0 Å². The van der Waals surface area contributed by atoms with Crippen LogP contribution in [0.5, 0.6) is 0 Å². The molecule has 9 heteroatoms. The maximum Gasteiger partial charge on any atom is 0.393 e. The number of hydrogen-bond acceptors (Lipinski definition) is 3. The largest absolute Gasteiger partial charge is 0.481 e. The molecule has 0 radical (unpaired) electrons. The van der Waals surface area contributed by atoms with Gasteiger partial charge < -0.3 is 5.11 Å². The van der Waals surface area contributed by atoms with Crippen LogP contribution in [0.3, 0.4) is 0 Å². The lowest BCUT2D eigenvalue weighted by Gasteiger charge is -2.34. The van der Waals surface area contributed by atoms with E-state index >= 15 is 0 Å². The van der Waals surface area contributed by atoms with Crippen LogP contribution in [-0.4, -0.2) is 48.8 Å². The van der Waals surface area contributed by atoms with Gasteiger partial charge in [0.2, 0.25) is 10.0 Å². The molecule has 0 aromatic carbocycles. The van der Waals surface area contributed by atoms with Crippen LogP contribution < -0.4 is 0 Å². The molecular formula is C14H22F3NO4S. The Morgan fingerprint density at radius 1 is 1.22 bits per heavy atom. The van der Waals surface area contributed by atoms with Crippen molar-refractivity contribution in [3.8, 4) is 0 Å². The lowest BCUT2D eigenvalue weighted by Crippen LogP contribution is -2.39. The van der Waals surface area contributed by atoms with Crippen molar-refractivity contribution in [3.05, 3.63) is 0 Å². The van der Waals surface area contributed by atoms with Gasteiger partial charge in [0, 0.05) is 13.1 Å². The van der Waals surface area contributed by atoms with Crippen LogP contribution >= 0.6 is 0 Å². The average molecular weight is 357 g/mol. The number of nitrogens with zero attached hydrogens (tertiary/aromatic N) is 1. The fourth-order valence-electron chi connectivity index (χ4n) is 3.66. The summed E-state index contributed by atoms with van der Waals surface area (Å²) >= 11 is 0. The van der Waals surface area contributed by atoms with Crippen LogP contribution in [0.2, 0.25) is 0 Å². The third-order valence-corrected chi connectivity index (χ3v) is 7.16. The van der Waals surface area contributed by atoms with Crippen LogP contribution in [0.25, 0.3) is 0 Å². The minimum absolute atomic E-state index is 0.211. The zero-order chi connectivity index (χ0) is 17.5. The normalized spacial score (nSPS) is 29.6. The van der Waals surface area contributed by atoms with E-state index in [1.807, 2.05) is 6.92 Å². The molecule has 0 spiro atoms. The van der Waals surface area contributed by atoms with Gasteiger partial charge in [-0.05, 0) is 18.3 Å². The standard InChI is InChI=1S/C14H22F3NO4S/c1-13(5-3-2-4-6-13)9-23(21,22)18-7-10(12(19)20)11(8-18)14(15,16)17/h10-11H,2-9H2,1H3,(H,19,20)/t10-,11-/m1/s1. The first-order valence-corrected chi connectivity index (χ1v) is 9.33. The van der Waals surface area contributed by atoms with E-state index in [9.17, 15) is 26.4 Å². The Kier molecular flexibility index (Phi) is 5.02. The minimum atomic E-state index is -4.72. The fraction of sp³-hybridized carbons (Fsp3) is 0.929. The second-order valence-electron chi connectivity index (χ2n) is 7.04. The number of aliphatic carboxylic acids is 1. The number of hydrogen-bond donors (Lipinski definition) is 1. The highest BCUT2D eigenvalue weighted by atomic mass is 32.2. The lowest BCUT2D eigenvalue weighted by atomic mass is 9.77. The molecule has 1 N–H and O–H groups in total. The molecule has 2 atom stereocenters. The molecule has 1 heterocycles. The van der Waals surface area contributed by atoms with Crippen molar-refractivity contribution in [2.45, 2.75) is 45.2 Å². The molecule has 23 heavy (non-hydrogen) atoms. The second-order valence-corrected chi connectivity index (χ2v) is 9.01. The number of halogens is 3. The smallest absolute Gasteiger partial charge is 0.393 e. The minimum Gasteiger partial charge on any atom is -0.481 e. The molecule has 2 fully saturated rings. The number of carbonyl (C=O) groups is 1. The third-order valence-electron chi connectivity index (χ3n) is 5.01. The Hall–Kier alpha value is -0.830. The van der Waals surface area contributed by atoms with E-state index in [0.717, 1.165) is 36.4 Å².